The van der Waals surface area contributed by atoms with E-state index in [1.807, 2.05) is 0 Å². The van der Waals surface area contributed by atoms with Gasteiger partial charge in [-0.05, 0) is 49.4 Å². The number of halogens is 1. The number of hydrogen-bond donors (Lipinski definition) is 0. The first-order valence-electron chi connectivity index (χ1n) is 11.4. The average molecular weight is 489 g/mol. The SMILES string of the molecule is COc1cccc2cc(-c3nc4sc5c(c4c(=O)n3Cc3ccccc3F)CCCC5)c(=O)oc12. The van der Waals surface area contributed by atoms with Crippen molar-refractivity contribution in [2.75, 3.05) is 7.11 Å². The second-order valence-electron chi connectivity index (χ2n) is 8.64. The molecule has 3 aromatic heterocycles. The Morgan fingerprint density at radius 1 is 1.11 bits per heavy atom. The molecule has 0 saturated carbocycles. The molecule has 5 aromatic rings. The summed E-state index contributed by atoms with van der Waals surface area (Å²) in [5.74, 6) is 0.181. The molecule has 8 heteroatoms. The predicted octanol–water partition coefficient (Wildman–Crippen LogP) is 5.31. The minimum Gasteiger partial charge on any atom is -0.493 e. The van der Waals surface area contributed by atoms with Gasteiger partial charge in [-0.3, -0.25) is 9.36 Å². The lowest BCUT2D eigenvalue weighted by Crippen LogP contribution is -2.26. The Hall–Kier alpha value is -3.78. The van der Waals surface area contributed by atoms with E-state index in [2.05, 4.69) is 0 Å². The highest BCUT2D eigenvalue weighted by Crippen LogP contribution is 2.35. The fourth-order valence-electron chi connectivity index (χ4n) is 4.82. The van der Waals surface area contributed by atoms with Gasteiger partial charge in [0.1, 0.15) is 16.2 Å². The van der Waals surface area contributed by atoms with Crippen LogP contribution in [0.5, 0.6) is 5.75 Å². The van der Waals surface area contributed by atoms with Gasteiger partial charge in [0.15, 0.2) is 17.2 Å². The van der Waals surface area contributed by atoms with E-state index < -0.39 is 11.4 Å². The summed E-state index contributed by atoms with van der Waals surface area (Å²) in [7, 11) is 1.50. The van der Waals surface area contributed by atoms with Crippen molar-refractivity contribution in [3.8, 4) is 17.1 Å². The first-order chi connectivity index (χ1) is 17.0. The molecule has 0 radical (unpaired) electrons. The summed E-state index contributed by atoms with van der Waals surface area (Å²) < 4.78 is 27.0. The topological polar surface area (TPSA) is 74.3 Å². The van der Waals surface area contributed by atoms with Crippen LogP contribution in [-0.4, -0.2) is 16.7 Å². The highest BCUT2D eigenvalue weighted by molar-refractivity contribution is 7.18. The quantitative estimate of drug-likeness (QED) is 0.321. The molecule has 0 spiro atoms. The van der Waals surface area contributed by atoms with Crippen LogP contribution in [0.1, 0.15) is 28.8 Å². The third-order valence-corrected chi connectivity index (χ3v) is 7.73. The maximum absolute atomic E-state index is 14.6. The Balaban J connectivity index is 1.66. The summed E-state index contributed by atoms with van der Waals surface area (Å²) in [6, 6.07) is 13.3. The zero-order valence-electron chi connectivity index (χ0n) is 19.0. The van der Waals surface area contributed by atoms with Crippen molar-refractivity contribution in [2.45, 2.75) is 32.2 Å². The van der Waals surface area contributed by atoms with Gasteiger partial charge < -0.3 is 9.15 Å². The molecule has 2 aromatic carbocycles. The van der Waals surface area contributed by atoms with E-state index in [0.29, 0.717) is 32.5 Å². The first kappa shape index (κ1) is 21.7. The van der Waals surface area contributed by atoms with Crippen molar-refractivity contribution in [1.82, 2.24) is 9.55 Å². The number of methoxy groups -OCH3 is 1. The molecule has 0 aliphatic heterocycles. The third-order valence-electron chi connectivity index (χ3n) is 6.55. The van der Waals surface area contributed by atoms with Gasteiger partial charge in [-0.25, -0.2) is 14.2 Å². The molecule has 6 nitrogen and oxygen atoms in total. The molecule has 1 aliphatic rings. The molecule has 3 heterocycles. The number of fused-ring (bicyclic) bond motifs is 4. The van der Waals surface area contributed by atoms with E-state index >= 15 is 0 Å². The van der Waals surface area contributed by atoms with Crippen molar-refractivity contribution >= 4 is 32.5 Å². The molecular formula is C27H21FN2O4S. The number of nitrogens with zero attached hydrogens (tertiary/aromatic N) is 2. The molecule has 6 rings (SSSR count). The zero-order chi connectivity index (χ0) is 24.1. The molecule has 35 heavy (non-hydrogen) atoms. The summed E-state index contributed by atoms with van der Waals surface area (Å²) in [4.78, 5) is 33.7. The minimum absolute atomic E-state index is 0.0516. The highest BCUT2D eigenvalue weighted by atomic mass is 32.1. The Bertz CT molecular complexity index is 1730. The Morgan fingerprint density at radius 2 is 1.94 bits per heavy atom. The molecule has 0 atom stereocenters. The molecule has 176 valence electrons. The fourth-order valence-corrected chi connectivity index (χ4v) is 6.07. The van der Waals surface area contributed by atoms with Gasteiger partial charge in [0, 0.05) is 15.8 Å². The summed E-state index contributed by atoms with van der Waals surface area (Å²) >= 11 is 1.51. The lowest BCUT2D eigenvalue weighted by atomic mass is 9.97. The fraction of sp³-hybridized carbons (Fsp3) is 0.222. The monoisotopic (exact) mass is 488 g/mol. The van der Waals surface area contributed by atoms with Crippen molar-refractivity contribution in [3.63, 3.8) is 0 Å². The van der Waals surface area contributed by atoms with Crippen LogP contribution in [0.4, 0.5) is 4.39 Å². The van der Waals surface area contributed by atoms with Gasteiger partial charge in [-0.1, -0.05) is 30.3 Å². The van der Waals surface area contributed by atoms with E-state index in [1.54, 1.807) is 42.5 Å². The van der Waals surface area contributed by atoms with Crippen molar-refractivity contribution in [2.24, 2.45) is 0 Å². The van der Waals surface area contributed by atoms with Crippen LogP contribution in [0.25, 0.3) is 32.6 Å². The smallest absolute Gasteiger partial charge is 0.347 e. The highest BCUT2D eigenvalue weighted by Gasteiger charge is 2.25. The van der Waals surface area contributed by atoms with Gasteiger partial charge in [0.2, 0.25) is 0 Å². The Labute approximate surface area is 203 Å². The third kappa shape index (κ3) is 3.56. The summed E-state index contributed by atoms with van der Waals surface area (Å²) in [6.45, 7) is -0.0516. The molecular weight excluding hydrogens is 467 g/mol. The van der Waals surface area contributed by atoms with Gasteiger partial charge in [-0.2, -0.15) is 0 Å². The van der Waals surface area contributed by atoms with Crippen LogP contribution < -0.4 is 15.9 Å². The van der Waals surface area contributed by atoms with E-state index in [4.69, 9.17) is 14.1 Å². The molecule has 0 amide bonds. The van der Waals surface area contributed by atoms with Gasteiger partial charge in [0.05, 0.1) is 19.0 Å². The van der Waals surface area contributed by atoms with Crippen LogP contribution in [0.3, 0.4) is 0 Å². The number of thiophene rings is 1. The zero-order valence-corrected chi connectivity index (χ0v) is 19.8. The van der Waals surface area contributed by atoms with Crippen molar-refractivity contribution in [3.05, 3.63) is 91.1 Å². The number of aryl methyl sites for hydroxylation is 2. The standard InChI is InChI=1S/C27H21FN2O4S/c1-33-20-11-6-8-15-13-18(27(32)34-23(15)20)24-29-25-22(17-9-3-5-12-21(17)35-25)26(31)30(24)14-16-7-2-4-10-19(16)28/h2,4,6-8,10-11,13H,3,5,9,12,14H2,1H3. The first-order valence-corrected chi connectivity index (χ1v) is 12.3. The van der Waals surface area contributed by atoms with Crippen LogP contribution in [0, 0.1) is 5.82 Å². The largest absolute Gasteiger partial charge is 0.493 e. The number of aromatic nitrogens is 2. The van der Waals surface area contributed by atoms with Crippen molar-refractivity contribution < 1.29 is 13.5 Å². The lowest BCUT2D eigenvalue weighted by Gasteiger charge is -2.14. The Kier molecular flexibility index (Phi) is 5.25. The van der Waals surface area contributed by atoms with E-state index in [9.17, 15) is 14.0 Å². The average Bonchev–Trinajstić information content (AvgIpc) is 3.25. The lowest BCUT2D eigenvalue weighted by molar-refractivity contribution is 0.407. The number of ether oxygens (including phenoxy) is 1. The van der Waals surface area contributed by atoms with Crippen LogP contribution in [0.2, 0.25) is 0 Å². The normalized spacial score (nSPS) is 13.3. The number of rotatable bonds is 4. The predicted molar refractivity (Wildman–Crippen MR) is 134 cm³/mol. The van der Waals surface area contributed by atoms with E-state index in [-0.39, 0.29) is 23.5 Å². The molecule has 1 aliphatic carbocycles. The van der Waals surface area contributed by atoms with Gasteiger partial charge >= 0.3 is 5.63 Å². The van der Waals surface area contributed by atoms with Gasteiger partial charge in [0.25, 0.3) is 5.56 Å². The summed E-state index contributed by atoms with van der Waals surface area (Å²) in [5, 5.41) is 1.22. The number of benzene rings is 2. The molecule has 0 bridgehead atoms. The molecule has 0 fully saturated rings. The second-order valence-corrected chi connectivity index (χ2v) is 9.72. The molecule has 0 N–H and O–H groups in total. The minimum atomic E-state index is -0.642. The number of para-hydroxylation sites is 1. The number of hydrogen-bond acceptors (Lipinski definition) is 6. The van der Waals surface area contributed by atoms with Gasteiger partial charge in [-0.15, -0.1) is 11.3 Å². The molecule has 0 saturated heterocycles. The van der Waals surface area contributed by atoms with Crippen LogP contribution >= 0.6 is 11.3 Å². The van der Waals surface area contributed by atoms with E-state index in [1.165, 1.54) is 34.0 Å². The van der Waals surface area contributed by atoms with Crippen LogP contribution in [0.15, 0.2) is 62.5 Å². The summed E-state index contributed by atoms with van der Waals surface area (Å²) in [5.41, 5.74) is 0.937. The summed E-state index contributed by atoms with van der Waals surface area (Å²) in [6.07, 6.45) is 3.83. The maximum Gasteiger partial charge on any atom is 0.347 e. The maximum atomic E-state index is 14.6. The van der Waals surface area contributed by atoms with Crippen molar-refractivity contribution in [1.29, 1.82) is 0 Å². The molecule has 0 unspecified atom stereocenters. The van der Waals surface area contributed by atoms with Crippen LogP contribution in [-0.2, 0) is 19.4 Å². The second kappa shape index (κ2) is 8.46. The Morgan fingerprint density at radius 3 is 2.77 bits per heavy atom. The van der Waals surface area contributed by atoms with E-state index in [0.717, 1.165) is 31.2 Å².